The monoisotopic (exact) mass is 231 g/mol. The number of hydrogen-bond acceptors (Lipinski definition) is 2. The minimum Gasteiger partial charge on any atom is -0.340 e. The molecule has 4 nitrogen and oxygen atoms in total. The van der Waals surface area contributed by atoms with Crippen molar-refractivity contribution in [1.82, 2.24) is 10.6 Å². The summed E-state index contributed by atoms with van der Waals surface area (Å²) in [7, 11) is 0. The van der Waals surface area contributed by atoms with E-state index in [-0.39, 0.29) is 11.9 Å². The average molecular weight is 231 g/mol. The van der Waals surface area contributed by atoms with Crippen LogP contribution in [0.25, 0.3) is 0 Å². The predicted octanol–water partition coefficient (Wildman–Crippen LogP) is 1.44. The molecule has 90 valence electrons. The van der Waals surface area contributed by atoms with Gasteiger partial charge in [-0.25, -0.2) is 0 Å². The number of carbonyl (C=O) groups is 1. The number of amides is 1. The Bertz CT molecular complexity index is 480. The number of aliphatic imine (C=N–C) groups is 1. The van der Waals surface area contributed by atoms with Crippen LogP contribution in [0.4, 0.5) is 0 Å². The van der Waals surface area contributed by atoms with Gasteiger partial charge in [-0.05, 0) is 37.5 Å². The molecule has 1 atom stereocenters. The van der Waals surface area contributed by atoms with Crippen LogP contribution in [0.2, 0.25) is 0 Å². The molecule has 1 heterocycles. The molecule has 1 aromatic carbocycles. The molecule has 0 aromatic heterocycles. The smallest absolute Gasteiger partial charge is 0.253 e. The minimum absolute atomic E-state index is 0.0412. The van der Waals surface area contributed by atoms with Crippen molar-refractivity contribution in [2.45, 2.75) is 26.8 Å². The van der Waals surface area contributed by atoms with Crippen LogP contribution in [0.1, 0.15) is 29.7 Å². The first-order chi connectivity index (χ1) is 8.11. The number of carbonyl (C=O) groups excluding carboxylic acids is 1. The van der Waals surface area contributed by atoms with Crippen molar-refractivity contribution >= 4 is 11.9 Å². The SMILES string of the molecule is CCN=C1NC(=O)C(c2ccc(C)c(C)c2)N1. The number of benzene rings is 1. The first-order valence-corrected chi connectivity index (χ1v) is 5.81. The molecule has 2 N–H and O–H groups in total. The maximum Gasteiger partial charge on any atom is 0.253 e. The zero-order chi connectivity index (χ0) is 12.4. The Morgan fingerprint density at radius 1 is 1.29 bits per heavy atom. The molecule has 1 aliphatic rings. The van der Waals surface area contributed by atoms with Crippen molar-refractivity contribution in [3.63, 3.8) is 0 Å². The summed E-state index contributed by atoms with van der Waals surface area (Å²) < 4.78 is 0. The third kappa shape index (κ3) is 2.30. The van der Waals surface area contributed by atoms with Gasteiger partial charge < -0.3 is 5.32 Å². The molecule has 1 unspecified atom stereocenters. The molecule has 2 rings (SSSR count). The highest BCUT2D eigenvalue weighted by Gasteiger charge is 2.29. The van der Waals surface area contributed by atoms with Crippen molar-refractivity contribution in [2.75, 3.05) is 6.54 Å². The molecular weight excluding hydrogens is 214 g/mol. The topological polar surface area (TPSA) is 53.5 Å². The van der Waals surface area contributed by atoms with E-state index in [4.69, 9.17) is 0 Å². The van der Waals surface area contributed by atoms with E-state index in [1.807, 2.05) is 32.0 Å². The van der Waals surface area contributed by atoms with E-state index in [0.717, 1.165) is 5.56 Å². The average Bonchev–Trinajstić information content (AvgIpc) is 2.64. The van der Waals surface area contributed by atoms with E-state index >= 15 is 0 Å². The second-order valence-electron chi connectivity index (χ2n) is 4.23. The standard InChI is InChI=1S/C13H17N3O/c1-4-14-13-15-11(12(17)16-13)10-6-5-8(2)9(3)7-10/h5-7,11H,4H2,1-3H3,(H2,14,15,16,17). The zero-order valence-corrected chi connectivity index (χ0v) is 10.4. The van der Waals surface area contributed by atoms with Crippen LogP contribution in [0.15, 0.2) is 23.2 Å². The summed E-state index contributed by atoms with van der Waals surface area (Å²) in [4.78, 5) is 16.0. The molecular formula is C13H17N3O. The van der Waals surface area contributed by atoms with Crippen LogP contribution in [-0.4, -0.2) is 18.4 Å². The van der Waals surface area contributed by atoms with Gasteiger partial charge in [0.05, 0.1) is 0 Å². The van der Waals surface area contributed by atoms with Crippen molar-refractivity contribution < 1.29 is 4.79 Å². The molecule has 0 bridgehead atoms. The summed E-state index contributed by atoms with van der Waals surface area (Å²) in [6.45, 7) is 6.70. The van der Waals surface area contributed by atoms with Crippen LogP contribution >= 0.6 is 0 Å². The Hall–Kier alpha value is -1.84. The molecule has 1 aliphatic heterocycles. The van der Waals surface area contributed by atoms with Gasteiger partial charge >= 0.3 is 0 Å². The number of rotatable bonds is 2. The van der Waals surface area contributed by atoms with Crippen LogP contribution in [0.3, 0.4) is 0 Å². The van der Waals surface area contributed by atoms with Gasteiger partial charge in [-0.15, -0.1) is 0 Å². The molecule has 0 spiro atoms. The lowest BCUT2D eigenvalue weighted by atomic mass is 10.0. The van der Waals surface area contributed by atoms with Gasteiger partial charge in [0, 0.05) is 6.54 Å². The fraction of sp³-hybridized carbons (Fsp3) is 0.385. The van der Waals surface area contributed by atoms with Gasteiger partial charge in [-0.1, -0.05) is 18.2 Å². The zero-order valence-electron chi connectivity index (χ0n) is 10.4. The lowest BCUT2D eigenvalue weighted by Crippen LogP contribution is -2.25. The van der Waals surface area contributed by atoms with E-state index in [0.29, 0.717) is 12.5 Å². The fourth-order valence-electron chi connectivity index (χ4n) is 1.85. The van der Waals surface area contributed by atoms with Gasteiger partial charge in [0.25, 0.3) is 5.91 Å². The highest BCUT2D eigenvalue weighted by Crippen LogP contribution is 2.19. The molecule has 17 heavy (non-hydrogen) atoms. The van der Waals surface area contributed by atoms with Crippen molar-refractivity contribution in [2.24, 2.45) is 4.99 Å². The maximum absolute atomic E-state index is 11.8. The van der Waals surface area contributed by atoms with Crippen molar-refractivity contribution in [3.05, 3.63) is 34.9 Å². The summed E-state index contributed by atoms with van der Waals surface area (Å²) in [6.07, 6.45) is 0. The second-order valence-corrected chi connectivity index (χ2v) is 4.23. The molecule has 0 saturated carbocycles. The van der Waals surface area contributed by atoms with E-state index in [1.54, 1.807) is 0 Å². The van der Waals surface area contributed by atoms with Gasteiger partial charge in [0.15, 0.2) is 5.96 Å². The fourth-order valence-corrected chi connectivity index (χ4v) is 1.85. The second kappa shape index (κ2) is 4.57. The van der Waals surface area contributed by atoms with Crippen LogP contribution < -0.4 is 10.6 Å². The largest absolute Gasteiger partial charge is 0.340 e. The number of nitrogens with one attached hydrogen (secondary N) is 2. The van der Waals surface area contributed by atoms with Gasteiger partial charge in [0.2, 0.25) is 0 Å². The Balaban J connectivity index is 2.26. The van der Waals surface area contributed by atoms with Gasteiger partial charge in [0.1, 0.15) is 6.04 Å². The van der Waals surface area contributed by atoms with E-state index < -0.39 is 0 Å². The molecule has 1 saturated heterocycles. The van der Waals surface area contributed by atoms with Crippen molar-refractivity contribution in [3.8, 4) is 0 Å². The summed E-state index contributed by atoms with van der Waals surface area (Å²) >= 11 is 0. The summed E-state index contributed by atoms with van der Waals surface area (Å²) in [5.41, 5.74) is 3.40. The van der Waals surface area contributed by atoms with E-state index in [9.17, 15) is 4.79 Å². The van der Waals surface area contributed by atoms with Crippen LogP contribution in [0.5, 0.6) is 0 Å². The molecule has 0 aliphatic carbocycles. The van der Waals surface area contributed by atoms with E-state index in [2.05, 4.69) is 22.5 Å². The van der Waals surface area contributed by atoms with Crippen molar-refractivity contribution in [1.29, 1.82) is 0 Å². The lowest BCUT2D eigenvalue weighted by Gasteiger charge is -2.10. The Kier molecular flexibility index (Phi) is 3.13. The van der Waals surface area contributed by atoms with Gasteiger partial charge in [-0.3, -0.25) is 15.1 Å². The Labute approximate surface area is 101 Å². The quantitative estimate of drug-likeness (QED) is 0.809. The first kappa shape index (κ1) is 11.6. The molecule has 1 amide bonds. The normalized spacial score (nSPS) is 21.5. The highest BCUT2D eigenvalue weighted by atomic mass is 16.2. The number of aryl methyl sites for hydroxylation is 2. The lowest BCUT2D eigenvalue weighted by molar-refractivity contribution is -0.120. The maximum atomic E-state index is 11.8. The Morgan fingerprint density at radius 2 is 2.06 bits per heavy atom. The first-order valence-electron chi connectivity index (χ1n) is 5.81. The molecule has 1 fully saturated rings. The third-order valence-electron chi connectivity index (χ3n) is 2.97. The predicted molar refractivity (Wildman–Crippen MR) is 67.9 cm³/mol. The van der Waals surface area contributed by atoms with E-state index in [1.165, 1.54) is 11.1 Å². The van der Waals surface area contributed by atoms with Crippen LogP contribution in [0, 0.1) is 13.8 Å². The van der Waals surface area contributed by atoms with Crippen LogP contribution in [-0.2, 0) is 4.79 Å². The number of hydrogen-bond donors (Lipinski definition) is 2. The Morgan fingerprint density at radius 3 is 2.71 bits per heavy atom. The minimum atomic E-state index is -0.320. The highest BCUT2D eigenvalue weighted by molar-refractivity contribution is 6.06. The van der Waals surface area contributed by atoms with Gasteiger partial charge in [-0.2, -0.15) is 0 Å². The summed E-state index contributed by atoms with van der Waals surface area (Å²) in [6, 6.07) is 5.74. The number of guanidine groups is 1. The summed E-state index contributed by atoms with van der Waals surface area (Å²) in [5, 5.41) is 5.83. The number of nitrogens with zero attached hydrogens (tertiary/aromatic N) is 1. The third-order valence-corrected chi connectivity index (χ3v) is 2.97. The molecule has 0 radical (unpaired) electrons. The summed E-state index contributed by atoms with van der Waals surface area (Å²) in [5.74, 6) is 0.529. The molecule has 1 aromatic rings. The molecule has 4 heteroatoms.